The molecule has 2 fully saturated rings. The van der Waals surface area contributed by atoms with Crippen molar-refractivity contribution < 1.29 is 119 Å². The molecule has 7 atom stereocenters. The lowest BCUT2D eigenvalue weighted by atomic mass is 9.96. The summed E-state index contributed by atoms with van der Waals surface area (Å²) in [6.45, 7) is 11.1. The van der Waals surface area contributed by atoms with Gasteiger partial charge in [-0.05, 0) is 154 Å². The lowest BCUT2D eigenvalue weighted by Gasteiger charge is -2.42. The molecule has 0 saturated carbocycles. The Balaban J connectivity index is 0.00000207. The van der Waals surface area contributed by atoms with E-state index >= 15 is 0 Å². The molecule has 6 aromatic carbocycles. The summed E-state index contributed by atoms with van der Waals surface area (Å²) in [4.78, 5) is 97.6. The van der Waals surface area contributed by atoms with Crippen LogP contribution in [0.3, 0.4) is 0 Å². The normalized spacial score (nSPS) is 17.1. The predicted octanol–water partition coefficient (Wildman–Crippen LogP) is 9.29. The average Bonchev–Trinajstić information content (AvgIpc) is 1.58. The molecule has 0 bridgehead atoms. The number of hydrogen-bond acceptors (Lipinski definition) is 26. The van der Waals surface area contributed by atoms with Crippen LogP contribution in [0.1, 0.15) is 74.4 Å². The number of benzene rings is 6. The first kappa shape index (κ1) is 90.9. The smallest absolute Gasteiger partial charge is 0.430 e. The van der Waals surface area contributed by atoms with Gasteiger partial charge in [-0.15, -0.1) is 11.3 Å². The summed E-state index contributed by atoms with van der Waals surface area (Å²) in [5, 5.41) is 59.4. The van der Waals surface area contributed by atoms with Crippen molar-refractivity contribution in [3.8, 4) is 67.6 Å². The van der Waals surface area contributed by atoms with E-state index in [9.17, 15) is 62.0 Å². The highest BCUT2D eigenvalue weighted by molar-refractivity contribution is 7.22. The van der Waals surface area contributed by atoms with Crippen LogP contribution in [0.15, 0.2) is 146 Å². The van der Waals surface area contributed by atoms with Crippen LogP contribution in [0.2, 0.25) is 5.02 Å². The van der Waals surface area contributed by atoms with E-state index in [1.807, 2.05) is 55.5 Å². The third kappa shape index (κ3) is 24.6. The number of nitrogens with two attached hydrogens (primary N) is 1. The number of quaternary nitrogens is 1. The summed E-state index contributed by atoms with van der Waals surface area (Å²) in [5.74, 6) is -4.26. The number of aromatic nitrogens is 4. The van der Waals surface area contributed by atoms with Crippen molar-refractivity contribution in [2.75, 3.05) is 79.0 Å². The number of carbonyl (C=O) groups is 6. The Morgan fingerprint density at radius 2 is 1.49 bits per heavy atom. The molecule has 2 aliphatic rings. The molecule has 640 valence electrons. The van der Waals surface area contributed by atoms with Crippen molar-refractivity contribution >= 4 is 74.7 Å². The minimum absolute atomic E-state index is 0.0370. The van der Waals surface area contributed by atoms with Crippen LogP contribution in [0.25, 0.3) is 43.2 Å². The number of anilines is 1. The first-order valence-corrected chi connectivity index (χ1v) is 39.3. The number of fused-ring (bicyclic) bond motifs is 1. The monoisotopic (exact) mass is 1700 g/mol. The number of methoxy groups -OCH3 is 2. The Morgan fingerprint density at radius 1 is 0.800 bits per heavy atom. The maximum atomic E-state index is 14.8. The van der Waals surface area contributed by atoms with Crippen molar-refractivity contribution in [2.45, 2.75) is 134 Å². The lowest BCUT2D eigenvalue weighted by Crippen LogP contribution is -2.61. The topological polar surface area (TPSA) is 406 Å². The molecule has 0 unspecified atom stereocenters. The second-order valence-corrected chi connectivity index (χ2v) is 30.8. The van der Waals surface area contributed by atoms with Gasteiger partial charge in [0.25, 0.3) is 0 Å². The number of alkyl halides is 3. The maximum Gasteiger partial charge on any atom is 0.430 e. The highest BCUT2D eigenvalue weighted by atomic mass is 35.5. The number of amides is 3. The molecule has 0 aliphatic carbocycles. The minimum atomic E-state index is -5.19. The molecular weight excluding hydrogens is 1610 g/mol. The van der Waals surface area contributed by atoms with Gasteiger partial charge in [-0.1, -0.05) is 72.3 Å². The van der Waals surface area contributed by atoms with E-state index in [4.69, 9.17) is 84.8 Å². The number of hydrogen-bond donors (Lipinski definition) is 8. The van der Waals surface area contributed by atoms with Crippen LogP contribution in [0.4, 0.5) is 28.0 Å². The Hall–Kier alpha value is -11.4. The number of halogens is 5. The number of unbranched alkanes of at least 4 members (excludes halogenated alkanes) is 1. The van der Waals surface area contributed by atoms with Gasteiger partial charge in [-0.2, -0.15) is 13.2 Å². The Kier molecular flexibility index (Phi) is 31.5. The number of aliphatic hydroxyl groups excluding tert-OH is 3. The SMILES string of the molecule is COc1ccc(COC(=O)[C@@H](Cc2ccccc2OCc2ccnc(-c3ccccc3OC)n2)Oc2ncnc3sc(-c4ccc(F)cc4)c(-c4ccc(OCCN5CC[N+](C)(Cc6ccc(O[C@@H]7O[C@H](C(=O)O)[C@@H](O)[C@H](O)[C@H]7O)c(NC(=O)CCNC(=O)[C@H](CCCCN)NC(=O)OC(C)(C)C)c6)CC5)c(Cl)c4C)c23)cc1.O=C([O-])C(F)(F)F. The average molecular weight is 1710 g/mol. The molecular formula is C84H93ClF4N10O20S. The van der Waals surface area contributed by atoms with Gasteiger partial charge in [0.05, 0.1) is 61.7 Å². The molecule has 36 heteroatoms. The van der Waals surface area contributed by atoms with E-state index < -0.39 is 96.3 Å². The minimum Gasteiger partial charge on any atom is -0.542 e. The number of carboxylic acid groups (broad SMARTS) is 2. The molecule has 0 spiro atoms. The van der Waals surface area contributed by atoms with E-state index in [-0.39, 0.29) is 62.9 Å². The molecule has 9 N–H and O–H groups in total. The highest BCUT2D eigenvalue weighted by Gasteiger charge is 2.48. The zero-order valence-electron chi connectivity index (χ0n) is 66.6. The standard InChI is InChI=1S/C82H92ClFN10O18S.C2HF3O2/c1-48-56(66-67-76(88-47-89-77(67)113-73(66)51-22-24-53(84)25-23-51)109-64(79(102)108-45-49-19-26-55(104-6)27-20-49)43-52-14-8-10-17-60(52)107-46-54-31-34-86-74(90-54)57-15-9-11-18-61(57)105-7)28-30-63(68(48)83)106-41-38-93-36-39-94(5,40-37-93)44-50-21-29-62(110-80-71(98)69(96)70(97)72(111-80)78(100)101)59(42-50)91-65(95)32-35-87-75(99)58(16-12-13-33-85)92-81(103)112-82(2,3)4;3-2(4,5)1(6)7/h8-11,14-15,17-31,34,42,47,58,64,69-72,80,96-98H,12-13,16,32-33,35-41,43-46,85H2,1-7H3,(H3-,87,91,92,95,99,100,101,103);(H,6,7)/t58-,64+,69-,70-,71+,72-,80+;/m0./s1. The number of aliphatic hydroxyl groups is 3. The predicted molar refractivity (Wildman–Crippen MR) is 430 cm³/mol. The van der Waals surface area contributed by atoms with Crippen LogP contribution in [0, 0.1) is 12.7 Å². The zero-order valence-corrected chi connectivity index (χ0v) is 68.2. The molecule has 120 heavy (non-hydrogen) atoms. The van der Waals surface area contributed by atoms with E-state index in [2.05, 4.69) is 32.9 Å². The third-order valence-electron chi connectivity index (χ3n) is 19.4. The van der Waals surface area contributed by atoms with Crippen LogP contribution < -0.4 is 55.2 Å². The van der Waals surface area contributed by atoms with E-state index in [0.29, 0.717) is 157 Å². The van der Waals surface area contributed by atoms with E-state index in [1.165, 1.54) is 35.9 Å². The van der Waals surface area contributed by atoms with Crippen molar-refractivity contribution in [1.82, 2.24) is 35.5 Å². The van der Waals surface area contributed by atoms with Gasteiger partial charge in [0.1, 0.15) is 108 Å². The summed E-state index contributed by atoms with van der Waals surface area (Å²) in [6, 6.07) is 37.4. The number of carbonyl (C=O) groups excluding carboxylic acids is 5. The number of nitrogens with zero attached hydrogens (tertiary/aromatic N) is 6. The van der Waals surface area contributed by atoms with Crippen molar-refractivity contribution in [2.24, 2.45) is 5.73 Å². The quantitative estimate of drug-likeness (QED) is 0.00805. The molecule has 2 saturated heterocycles. The number of rotatable bonds is 34. The number of ether oxygens (including phenoxy) is 9. The second-order valence-electron chi connectivity index (χ2n) is 29.4. The van der Waals surface area contributed by atoms with Gasteiger partial charge in [0.15, 0.2) is 11.9 Å². The molecule has 11 rings (SSSR count). The molecule has 2 aliphatic heterocycles. The van der Waals surface area contributed by atoms with Gasteiger partial charge in [-0.3, -0.25) is 14.5 Å². The van der Waals surface area contributed by atoms with Crippen molar-refractivity contribution in [3.63, 3.8) is 0 Å². The van der Waals surface area contributed by atoms with Gasteiger partial charge in [0, 0.05) is 61.2 Å². The van der Waals surface area contributed by atoms with Gasteiger partial charge >= 0.3 is 24.2 Å². The van der Waals surface area contributed by atoms with Gasteiger partial charge in [-0.25, -0.2) is 38.7 Å². The Morgan fingerprint density at radius 3 is 2.17 bits per heavy atom. The fourth-order valence-electron chi connectivity index (χ4n) is 13.1. The molecule has 3 aromatic heterocycles. The Labute approximate surface area is 697 Å². The summed E-state index contributed by atoms with van der Waals surface area (Å²) in [5.41, 5.74) is 10.9. The van der Waals surface area contributed by atoms with Crippen LogP contribution in [0.5, 0.6) is 34.6 Å². The second kappa shape index (κ2) is 41.5. The zero-order chi connectivity index (χ0) is 86.6. The van der Waals surface area contributed by atoms with Crippen molar-refractivity contribution in [3.05, 3.63) is 185 Å². The first-order chi connectivity index (χ1) is 57.2. The number of alkyl carbamates (subject to hydrolysis) is 1. The number of esters is 1. The lowest BCUT2D eigenvalue weighted by molar-refractivity contribution is -0.926. The van der Waals surface area contributed by atoms with Crippen LogP contribution >= 0.6 is 22.9 Å². The molecule has 9 aromatic rings. The van der Waals surface area contributed by atoms with E-state index in [1.54, 1.807) is 108 Å². The van der Waals surface area contributed by atoms with Gasteiger partial charge < -0.3 is 99.1 Å². The molecule has 3 amide bonds. The maximum absolute atomic E-state index is 14.8. The third-order valence-corrected chi connectivity index (χ3v) is 21.0. The van der Waals surface area contributed by atoms with Gasteiger partial charge in [0.2, 0.25) is 30.1 Å². The first-order valence-electron chi connectivity index (χ1n) is 38.1. The Bertz CT molecular complexity index is 5040. The molecule has 0 radical (unpaired) electrons. The number of nitrogens with one attached hydrogen (secondary N) is 3. The number of likely N-dealkylation sites (N-methyl/N-ethyl adjacent to an activating group) is 1. The fourth-order valence-corrected chi connectivity index (χ4v) is 14.4. The summed E-state index contributed by atoms with van der Waals surface area (Å²) in [7, 11) is 5.25. The van der Waals surface area contributed by atoms with E-state index in [0.717, 1.165) is 5.56 Å². The number of thiophene rings is 1. The summed E-state index contributed by atoms with van der Waals surface area (Å²) >= 11 is 8.70. The highest BCUT2D eigenvalue weighted by Crippen LogP contribution is 2.50. The molecule has 5 heterocycles. The summed E-state index contributed by atoms with van der Waals surface area (Å²) in [6.07, 6.45) is -12.8. The fraction of sp³-hybridized carbons (Fsp3) is 0.381. The number of carboxylic acids is 2. The number of piperazine rings is 1. The van der Waals surface area contributed by atoms with Crippen molar-refractivity contribution in [1.29, 1.82) is 0 Å². The molecule has 30 nitrogen and oxygen atoms in total. The summed E-state index contributed by atoms with van der Waals surface area (Å²) < 4.78 is 100. The number of aliphatic carboxylic acids is 2. The number of para-hydroxylation sites is 2. The van der Waals surface area contributed by atoms with Crippen LogP contribution in [-0.4, -0.2) is 214 Å². The van der Waals surface area contributed by atoms with Crippen LogP contribution in [-0.2, 0) is 64.4 Å². The largest absolute Gasteiger partial charge is 0.542 e.